The monoisotopic (exact) mass is 741 g/mol. The number of allylic oxidation sites excluding steroid dienone is 1. The Morgan fingerprint density at radius 3 is 2.13 bits per heavy atom. The number of ether oxygens (including phenoxy) is 6. The standard InChI is InChI=1S/C44H55NO9/c1-44(52-26-27-53-44)28-37-39(29-46)54-38(20-12-7-5-3-4-6-8-15-25-50-30-33-21-23-34(49-2)24-22-33)40(41(37)51-31-32-16-10-9-11-17-32)45-42(47)35-18-13-14-19-36(35)43(45)48/h7,9-14,16-19,21-24,37-41,46H,3-6,8,15,20,25-31H2,1-2H3/b12-7+/t37-,38+,39-,40+,41+/m1/s1. The zero-order valence-corrected chi connectivity index (χ0v) is 31.6. The highest BCUT2D eigenvalue weighted by Crippen LogP contribution is 2.42. The van der Waals surface area contributed by atoms with Gasteiger partial charge in [-0.05, 0) is 68.0 Å². The van der Waals surface area contributed by atoms with Crippen LogP contribution >= 0.6 is 0 Å². The lowest BCUT2D eigenvalue weighted by molar-refractivity contribution is -0.229. The summed E-state index contributed by atoms with van der Waals surface area (Å²) in [6.45, 7) is 4.15. The van der Waals surface area contributed by atoms with Gasteiger partial charge in [0, 0.05) is 18.9 Å². The van der Waals surface area contributed by atoms with Crippen LogP contribution < -0.4 is 4.74 Å². The zero-order valence-electron chi connectivity index (χ0n) is 31.6. The highest BCUT2D eigenvalue weighted by Gasteiger charge is 2.55. The summed E-state index contributed by atoms with van der Waals surface area (Å²) in [7, 11) is 1.66. The molecule has 3 aliphatic heterocycles. The number of hydrogen-bond donors (Lipinski definition) is 1. The fourth-order valence-corrected chi connectivity index (χ4v) is 7.84. The number of aliphatic hydroxyl groups is 1. The summed E-state index contributed by atoms with van der Waals surface area (Å²) in [6.07, 6.45) is 9.51. The van der Waals surface area contributed by atoms with Gasteiger partial charge in [-0.3, -0.25) is 14.5 Å². The minimum absolute atomic E-state index is 0.256. The van der Waals surface area contributed by atoms with Gasteiger partial charge >= 0.3 is 0 Å². The van der Waals surface area contributed by atoms with Crippen LogP contribution in [0.25, 0.3) is 0 Å². The third kappa shape index (κ3) is 10.0. The van der Waals surface area contributed by atoms with Crippen molar-refractivity contribution in [1.82, 2.24) is 4.90 Å². The first-order valence-electron chi connectivity index (χ1n) is 19.4. The van der Waals surface area contributed by atoms with E-state index in [1.54, 1.807) is 31.4 Å². The molecular formula is C44H55NO9. The molecule has 0 spiro atoms. The Hall–Kier alpha value is -3.90. The molecule has 2 fully saturated rings. The average molecular weight is 742 g/mol. The molecule has 3 heterocycles. The highest BCUT2D eigenvalue weighted by molar-refractivity contribution is 6.21. The molecule has 54 heavy (non-hydrogen) atoms. The van der Waals surface area contributed by atoms with Crippen LogP contribution in [0, 0.1) is 5.92 Å². The van der Waals surface area contributed by atoms with Crippen LogP contribution in [0.2, 0.25) is 0 Å². The number of amides is 2. The molecule has 10 heteroatoms. The van der Waals surface area contributed by atoms with Gasteiger partial charge < -0.3 is 33.5 Å². The molecule has 3 aromatic rings. The maximum atomic E-state index is 14.0. The SMILES string of the molecule is COc1ccc(COCCCCCCC/C=C/C[C@@H]2O[C@H](CO)[C@@H](CC3(C)OCCO3)[C@H](OCc3ccccc3)[C@H]2N2C(=O)c3ccccc3C2=O)cc1. The normalized spacial score (nSPS) is 23.7. The molecule has 0 saturated carbocycles. The molecule has 5 atom stereocenters. The summed E-state index contributed by atoms with van der Waals surface area (Å²) in [5.74, 6) is -1.24. The minimum atomic E-state index is -0.917. The van der Waals surface area contributed by atoms with Crippen LogP contribution in [0.1, 0.15) is 90.1 Å². The molecule has 10 nitrogen and oxygen atoms in total. The quantitative estimate of drug-likeness (QED) is 0.0726. The molecule has 3 aliphatic rings. The van der Waals surface area contributed by atoms with Crippen molar-refractivity contribution in [2.75, 3.05) is 33.5 Å². The van der Waals surface area contributed by atoms with Gasteiger partial charge in [0.25, 0.3) is 11.8 Å². The van der Waals surface area contributed by atoms with E-state index in [1.165, 1.54) is 4.90 Å². The lowest BCUT2D eigenvalue weighted by Crippen LogP contribution is -2.64. The summed E-state index contributed by atoms with van der Waals surface area (Å²) in [5.41, 5.74) is 2.85. The second kappa shape index (κ2) is 19.6. The Bertz CT molecular complexity index is 1620. The van der Waals surface area contributed by atoms with Crippen molar-refractivity contribution >= 4 is 11.8 Å². The lowest BCUT2D eigenvalue weighted by Gasteiger charge is -2.50. The zero-order chi connectivity index (χ0) is 37.8. The molecule has 0 aliphatic carbocycles. The van der Waals surface area contributed by atoms with Crippen LogP contribution in [0.15, 0.2) is 91.0 Å². The molecule has 2 amide bonds. The van der Waals surface area contributed by atoms with E-state index in [9.17, 15) is 14.7 Å². The van der Waals surface area contributed by atoms with E-state index in [1.807, 2.05) is 61.5 Å². The Kier molecular flexibility index (Phi) is 14.5. The smallest absolute Gasteiger partial charge is 0.261 e. The Balaban J connectivity index is 1.09. The van der Waals surface area contributed by atoms with E-state index in [-0.39, 0.29) is 25.0 Å². The number of hydrogen-bond acceptors (Lipinski definition) is 9. The number of unbranched alkanes of at least 4 members (excludes halogenated alkanes) is 5. The molecule has 0 unspecified atom stereocenters. The van der Waals surface area contributed by atoms with Crippen molar-refractivity contribution in [3.63, 3.8) is 0 Å². The molecule has 3 aromatic carbocycles. The van der Waals surface area contributed by atoms with Crippen molar-refractivity contribution < 1.29 is 43.1 Å². The number of carbonyl (C=O) groups is 2. The van der Waals surface area contributed by atoms with Crippen molar-refractivity contribution in [1.29, 1.82) is 0 Å². The van der Waals surface area contributed by atoms with Crippen molar-refractivity contribution in [3.8, 4) is 5.75 Å². The Morgan fingerprint density at radius 2 is 1.44 bits per heavy atom. The predicted octanol–water partition coefficient (Wildman–Crippen LogP) is 7.28. The van der Waals surface area contributed by atoms with Gasteiger partial charge in [0.15, 0.2) is 5.79 Å². The van der Waals surface area contributed by atoms with Gasteiger partial charge in [-0.15, -0.1) is 0 Å². The maximum absolute atomic E-state index is 14.0. The average Bonchev–Trinajstić information content (AvgIpc) is 3.74. The van der Waals surface area contributed by atoms with E-state index < -0.39 is 36.1 Å². The molecule has 0 bridgehead atoms. The second-order valence-corrected chi connectivity index (χ2v) is 14.5. The highest BCUT2D eigenvalue weighted by atomic mass is 16.7. The largest absolute Gasteiger partial charge is 0.497 e. The van der Waals surface area contributed by atoms with Crippen LogP contribution in [-0.2, 0) is 36.9 Å². The van der Waals surface area contributed by atoms with Crippen molar-refractivity contribution in [2.45, 2.75) is 102 Å². The molecule has 2 saturated heterocycles. The summed E-state index contributed by atoms with van der Waals surface area (Å²) < 4.78 is 36.5. The number of imide groups is 1. The number of methoxy groups -OCH3 is 1. The summed E-state index contributed by atoms with van der Waals surface area (Å²) in [5, 5.41) is 10.7. The molecule has 6 rings (SSSR count). The fraction of sp³-hybridized carbons (Fsp3) is 0.500. The molecule has 290 valence electrons. The van der Waals surface area contributed by atoms with Crippen LogP contribution in [-0.4, -0.2) is 85.5 Å². The predicted molar refractivity (Wildman–Crippen MR) is 204 cm³/mol. The summed E-state index contributed by atoms with van der Waals surface area (Å²) in [4.78, 5) is 29.4. The molecule has 0 radical (unpaired) electrons. The topological polar surface area (TPSA) is 113 Å². The minimum Gasteiger partial charge on any atom is -0.497 e. The van der Waals surface area contributed by atoms with Crippen LogP contribution in [0.3, 0.4) is 0 Å². The number of nitrogens with zero attached hydrogens (tertiary/aromatic N) is 1. The third-order valence-corrected chi connectivity index (χ3v) is 10.7. The first-order chi connectivity index (χ1) is 26.4. The van der Waals surface area contributed by atoms with E-state index in [0.717, 1.165) is 62.0 Å². The number of fused-ring (bicyclic) bond motifs is 1. The van der Waals surface area contributed by atoms with E-state index >= 15 is 0 Å². The van der Waals surface area contributed by atoms with E-state index in [0.29, 0.717) is 43.8 Å². The molecule has 1 N–H and O–H groups in total. The Morgan fingerprint density at radius 1 is 0.796 bits per heavy atom. The number of aliphatic hydroxyl groups excluding tert-OH is 1. The summed E-state index contributed by atoms with van der Waals surface area (Å²) in [6, 6.07) is 23.9. The first-order valence-corrected chi connectivity index (χ1v) is 19.4. The number of benzene rings is 3. The van der Waals surface area contributed by atoms with Crippen LogP contribution in [0.5, 0.6) is 5.75 Å². The lowest BCUT2D eigenvalue weighted by atomic mass is 9.79. The molecule has 0 aromatic heterocycles. The van der Waals surface area contributed by atoms with Crippen LogP contribution in [0.4, 0.5) is 0 Å². The third-order valence-electron chi connectivity index (χ3n) is 10.7. The van der Waals surface area contributed by atoms with Gasteiger partial charge in [-0.25, -0.2) is 0 Å². The van der Waals surface area contributed by atoms with Gasteiger partial charge in [0.05, 0.1) is 75.6 Å². The van der Waals surface area contributed by atoms with E-state index in [2.05, 4.69) is 12.2 Å². The Labute approximate surface area is 319 Å². The van der Waals surface area contributed by atoms with Crippen molar-refractivity contribution in [2.24, 2.45) is 5.92 Å². The maximum Gasteiger partial charge on any atom is 0.261 e. The second-order valence-electron chi connectivity index (χ2n) is 14.5. The van der Waals surface area contributed by atoms with E-state index in [4.69, 9.17) is 28.4 Å². The van der Waals surface area contributed by atoms with Gasteiger partial charge in [-0.1, -0.05) is 86.0 Å². The number of carbonyl (C=O) groups excluding carboxylic acids is 2. The fourth-order valence-electron chi connectivity index (χ4n) is 7.84. The van der Waals surface area contributed by atoms with Gasteiger partial charge in [-0.2, -0.15) is 0 Å². The first kappa shape index (κ1) is 39.8. The summed E-state index contributed by atoms with van der Waals surface area (Å²) >= 11 is 0. The molecular weight excluding hydrogens is 686 g/mol. The van der Waals surface area contributed by atoms with Gasteiger partial charge in [0.2, 0.25) is 0 Å². The van der Waals surface area contributed by atoms with Gasteiger partial charge in [0.1, 0.15) is 5.75 Å². The van der Waals surface area contributed by atoms with Crippen molar-refractivity contribution in [3.05, 3.63) is 113 Å². The number of rotatable bonds is 20.